The zero-order chi connectivity index (χ0) is 13.7. The number of nitrogens with two attached hydrogens (primary N) is 1. The number of hydrogen-bond donors (Lipinski definition) is 1. The third kappa shape index (κ3) is 4.00. The van der Waals surface area contributed by atoms with E-state index in [1.165, 1.54) is 11.1 Å². The number of hydrogen-bond acceptors (Lipinski definition) is 2. The molecule has 0 saturated heterocycles. The number of halogens is 1. The first-order chi connectivity index (χ1) is 9.18. The first kappa shape index (κ1) is 14.4. The summed E-state index contributed by atoms with van der Waals surface area (Å²) in [6, 6.07) is 18.2. The Balaban J connectivity index is 1.95. The summed E-state index contributed by atoms with van der Waals surface area (Å²) in [5.41, 5.74) is 8.64. The number of benzene rings is 2. The summed E-state index contributed by atoms with van der Waals surface area (Å²) in [6.07, 6.45) is 0. The summed E-state index contributed by atoms with van der Waals surface area (Å²) < 4.78 is 0. The van der Waals surface area contributed by atoms with Gasteiger partial charge in [-0.1, -0.05) is 67.1 Å². The molecule has 0 fully saturated rings. The highest BCUT2D eigenvalue weighted by molar-refractivity contribution is 7.99. The average molecular weight is 292 g/mol. The number of thioether (sulfide) groups is 1. The molecule has 0 radical (unpaired) electrons. The monoisotopic (exact) mass is 291 g/mol. The highest BCUT2D eigenvalue weighted by atomic mass is 35.5. The second kappa shape index (κ2) is 6.99. The van der Waals surface area contributed by atoms with Crippen LogP contribution in [0, 0.1) is 0 Å². The fourth-order valence-corrected chi connectivity index (χ4v) is 3.23. The van der Waals surface area contributed by atoms with Gasteiger partial charge in [0.2, 0.25) is 0 Å². The van der Waals surface area contributed by atoms with E-state index in [9.17, 15) is 0 Å². The van der Waals surface area contributed by atoms with Crippen LogP contribution < -0.4 is 5.73 Å². The van der Waals surface area contributed by atoms with Crippen LogP contribution in [0.4, 0.5) is 0 Å². The Morgan fingerprint density at radius 1 is 1.05 bits per heavy atom. The van der Waals surface area contributed by atoms with E-state index in [2.05, 4.69) is 25.1 Å². The Kier molecular flexibility index (Phi) is 5.32. The van der Waals surface area contributed by atoms with Crippen LogP contribution >= 0.6 is 23.4 Å². The molecule has 2 atom stereocenters. The molecule has 0 aromatic heterocycles. The molecule has 2 rings (SSSR count). The molecule has 2 N–H and O–H groups in total. The highest BCUT2D eigenvalue weighted by Crippen LogP contribution is 2.29. The Bertz CT molecular complexity index is 515. The molecule has 0 spiro atoms. The Labute approximate surface area is 124 Å². The fraction of sp³-hybridized carbons (Fsp3) is 0.250. The summed E-state index contributed by atoms with van der Waals surface area (Å²) in [7, 11) is 0. The summed E-state index contributed by atoms with van der Waals surface area (Å²) in [5.74, 6) is 0.890. The van der Waals surface area contributed by atoms with E-state index in [0.717, 1.165) is 10.8 Å². The lowest BCUT2D eigenvalue weighted by Crippen LogP contribution is -2.21. The quantitative estimate of drug-likeness (QED) is 0.867. The topological polar surface area (TPSA) is 26.0 Å². The molecule has 2 unspecified atom stereocenters. The molecule has 0 aliphatic rings. The van der Waals surface area contributed by atoms with Gasteiger partial charge in [-0.25, -0.2) is 0 Å². The van der Waals surface area contributed by atoms with Crippen LogP contribution in [-0.4, -0.2) is 5.25 Å². The zero-order valence-corrected chi connectivity index (χ0v) is 12.5. The lowest BCUT2D eigenvalue weighted by atomic mass is 10.1. The van der Waals surface area contributed by atoms with Crippen LogP contribution in [0.5, 0.6) is 0 Å². The molecule has 0 aliphatic carbocycles. The van der Waals surface area contributed by atoms with Crippen molar-refractivity contribution >= 4 is 23.4 Å². The minimum Gasteiger partial charge on any atom is -0.323 e. The van der Waals surface area contributed by atoms with Gasteiger partial charge in [0.1, 0.15) is 0 Å². The Morgan fingerprint density at radius 2 is 1.68 bits per heavy atom. The molecular weight excluding hydrogens is 274 g/mol. The van der Waals surface area contributed by atoms with E-state index in [4.69, 9.17) is 17.3 Å². The normalized spacial score (nSPS) is 14.1. The van der Waals surface area contributed by atoms with Crippen molar-refractivity contribution in [2.24, 2.45) is 5.73 Å². The Morgan fingerprint density at radius 3 is 2.37 bits per heavy atom. The largest absolute Gasteiger partial charge is 0.323 e. The summed E-state index contributed by atoms with van der Waals surface area (Å²) >= 11 is 8.00. The van der Waals surface area contributed by atoms with Crippen molar-refractivity contribution in [3.8, 4) is 0 Å². The van der Waals surface area contributed by atoms with Gasteiger partial charge in [0.25, 0.3) is 0 Å². The summed E-state index contributed by atoms with van der Waals surface area (Å²) in [6.45, 7) is 2.17. The minimum atomic E-state index is 0.0497. The highest BCUT2D eigenvalue weighted by Gasteiger charge is 2.15. The third-order valence-corrected chi connectivity index (χ3v) is 4.82. The van der Waals surface area contributed by atoms with Crippen LogP contribution in [0.15, 0.2) is 54.6 Å². The predicted molar refractivity (Wildman–Crippen MR) is 85.6 cm³/mol. The van der Waals surface area contributed by atoms with Gasteiger partial charge < -0.3 is 5.73 Å². The first-order valence-electron chi connectivity index (χ1n) is 6.34. The SMILES string of the molecule is CC(SCc1ccccc1Cl)C(N)c1ccccc1. The first-order valence-corrected chi connectivity index (χ1v) is 7.76. The predicted octanol–water partition coefficient (Wildman–Crippen LogP) is 4.66. The van der Waals surface area contributed by atoms with Crippen molar-refractivity contribution < 1.29 is 0 Å². The second-order valence-electron chi connectivity index (χ2n) is 4.54. The van der Waals surface area contributed by atoms with Crippen molar-refractivity contribution in [3.05, 3.63) is 70.7 Å². The van der Waals surface area contributed by atoms with Crippen LogP contribution in [-0.2, 0) is 5.75 Å². The van der Waals surface area contributed by atoms with E-state index >= 15 is 0 Å². The molecular formula is C16H18ClNS. The van der Waals surface area contributed by atoms with Gasteiger partial charge in [-0.15, -0.1) is 0 Å². The molecule has 0 amide bonds. The second-order valence-corrected chi connectivity index (χ2v) is 6.32. The van der Waals surface area contributed by atoms with Gasteiger partial charge in [0.15, 0.2) is 0 Å². The molecule has 0 aliphatic heterocycles. The van der Waals surface area contributed by atoms with E-state index in [1.54, 1.807) is 0 Å². The minimum absolute atomic E-state index is 0.0497. The van der Waals surface area contributed by atoms with Crippen molar-refractivity contribution in [3.63, 3.8) is 0 Å². The van der Waals surface area contributed by atoms with E-state index in [1.807, 2.05) is 48.2 Å². The van der Waals surface area contributed by atoms with Crippen LogP contribution in [0.25, 0.3) is 0 Å². The smallest absolute Gasteiger partial charge is 0.0446 e. The summed E-state index contributed by atoms with van der Waals surface area (Å²) in [4.78, 5) is 0. The van der Waals surface area contributed by atoms with Crippen molar-refractivity contribution in [1.29, 1.82) is 0 Å². The molecule has 0 saturated carbocycles. The molecule has 100 valence electrons. The van der Waals surface area contributed by atoms with Crippen molar-refractivity contribution in [2.45, 2.75) is 24.0 Å². The third-order valence-electron chi connectivity index (χ3n) is 3.15. The maximum atomic E-state index is 6.29. The van der Waals surface area contributed by atoms with Gasteiger partial charge in [-0.2, -0.15) is 11.8 Å². The van der Waals surface area contributed by atoms with Gasteiger partial charge in [-0.05, 0) is 17.2 Å². The number of rotatable bonds is 5. The van der Waals surface area contributed by atoms with Gasteiger partial charge in [0.05, 0.1) is 0 Å². The van der Waals surface area contributed by atoms with Crippen molar-refractivity contribution in [1.82, 2.24) is 0 Å². The maximum absolute atomic E-state index is 6.29. The molecule has 1 nitrogen and oxygen atoms in total. The van der Waals surface area contributed by atoms with E-state index < -0.39 is 0 Å². The summed E-state index contributed by atoms with van der Waals surface area (Å²) in [5, 5.41) is 1.18. The standard InChI is InChI=1S/C16H18ClNS/c1-12(16(18)13-7-3-2-4-8-13)19-11-14-9-5-6-10-15(14)17/h2-10,12,16H,11,18H2,1H3. The van der Waals surface area contributed by atoms with Crippen LogP contribution in [0.2, 0.25) is 5.02 Å². The lowest BCUT2D eigenvalue weighted by molar-refractivity contribution is 0.715. The molecule has 0 heterocycles. The van der Waals surface area contributed by atoms with E-state index in [-0.39, 0.29) is 6.04 Å². The van der Waals surface area contributed by atoms with Crippen molar-refractivity contribution in [2.75, 3.05) is 0 Å². The molecule has 0 bridgehead atoms. The van der Waals surface area contributed by atoms with Gasteiger partial charge in [-0.3, -0.25) is 0 Å². The fourth-order valence-electron chi connectivity index (χ4n) is 1.89. The molecule has 2 aromatic carbocycles. The van der Waals surface area contributed by atoms with Crippen LogP contribution in [0.3, 0.4) is 0 Å². The maximum Gasteiger partial charge on any atom is 0.0446 e. The van der Waals surface area contributed by atoms with E-state index in [0.29, 0.717) is 5.25 Å². The molecule has 19 heavy (non-hydrogen) atoms. The van der Waals surface area contributed by atoms with Gasteiger partial charge >= 0.3 is 0 Å². The average Bonchev–Trinajstić information content (AvgIpc) is 2.46. The lowest BCUT2D eigenvalue weighted by Gasteiger charge is -2.20. The van der Waals surface area contributed by atoms with Crippen LogP contribution in [0.1, 0.15) is 24.1 Å². The zero-order valence-electron chi connectivity index (χ0n) is 10.9. The van der Waals surface area contributed by atoms with Gasteiger partial charge in [0, 0.05) is 22.1 Å². The molecule has 3 heteroatoms. The Hall–Kier alpha value is -0.960. The molecule has 2 aromatic rings.